The molecule has 3 nitrogen and oxygen atoms in total. The molecule has 0 bridgehead atoms. The van der Waals surface area contributed by atoms with Crippen molar-refractivity contribution in [3.63, 3.8) is 0 Å². The summed E-state index contributed by atoms with van der Waals surface area (Å²) in [5.74, 6) is -0.958. The van der Waals surface area contributed by atoms with Crippen molar-refractivity contribution < 1.29 is 14.3 Å². The third-order valence-electron chi connectivity index (χ3n) is 2.21. The maximum Gasteiger partial charge on any atom is 0.174 e. The molecule has 3 heteroatoms. The summed E-state index contributed by atoms with van der Waals surface area (Å²) < 4.78 is 10.1. The maximum atomic E-state index is 10.9. The lowest BCUT2D eigenvalue weighted by Gasteiger charge is -2.30. The predicted molar refractivity (Wildman–Crippen MR) is 42.3 cm³/mol. The van der Waals surface area contributed by atoms with Gasteiger partial charge in [-0.1, -0.05) is 6.92 Å². The van der Waals surface area contributed by atoms with Crippen molar-refractivity contribution in [3.8, 4) is 0 Å². The summed E-state index contributed by atoms with van der Waals surface area (Å²) in [4.78, 5) is 10.9. The van der Waals surface area contributed by atoms with Crippen molar-refractivity contribution in [1.82, 2.24) is 0 Å². The fourth-order valence-corrected chi connectivity index (χ4v) is 0.806. The molecule has 0 aromatic heterocycles. The van der Waals surface area contributed by atoms with Gasteiger partial charge in [-0.15, -0.1) is 0 Å². The van der Waals surface area contributed by atoms with Gasteiger partial charge in [0.25, 0.3) is 0 Å². The molecule has 1 atom stereocenters. The molecule has 0 rings (SSSR count). The fraction of sp³-hybridized carbons (Fsp3) is 0.875. The van der Waals surface area contributed by atoms with E-state index >= 15 is 0 Å². The van der Waals surface area contributed by atoms with Gasteiger partial charge >= 0.3 is 0 Å². The molecule has 0 saturated heterocycles. The quantitative estimate of drug-likeness (QED) is 0.580. The number of carbonyl (C=O) groups is 1. The Morgan fingerprint density at radius 1 is 1.36 bits per heavy atom. The predicted octanol–water partition coefficient (Wildman–Crippen LogP) is 1.22. The van der Waals surface area contributed by atoms with Gasteiger partial charge in [0.1, 0.15) is 5.78 Å². The van der Waals surface area contributed by atoms with Gasteiger partial charge in [-0.3, -0.25) is 4.79 Å². The van der Waals surface area contributed by atoms with Crippen molar-refractivity contribution in [2.45, 2.75) is 26.6 Å². The summed E-state index contributed by atoms with van der Waals surface area (Å²) in [6.07, 6.45) is 0. The minimum atomic E-state index is -0.786. The van der Waals surface area contributed by atoms with Gasteiger partial charge in [0, 0.05) is 14.2 Å². The number of hydrogen-bond acceptors (Lipinski definition) is 3. The second kappa shape index (κ2) is 3.83. The van der Waals surface area contributed by atoms with Crippen LogP contribution in [0.2, 0.25) is 0 Å². The van der Waals surface area contributed by atoms with Gasteiger partial charge in [0.2, 0.25) is 0 Å². The second-order valence-electron chi connectivity index (χ2n) is 2.76. The van der Waals surface area contributed by atoms with E-state index in [0.717, 1.165) is 0 Å². The molecular weight excluding hydrogens is 144 g/mol. The number of carbonyl (C=O) groups excluding carboxylic acids is 1. The average Bonchev–Trinajstić information content (AvgIpc) is 2.01. The minimum Gasteiger partial charge on any atom is -0.353 e. The Bertz CT molecular complexity index is 138. The van der Waals surface area contributed by atoms with Crippen LogP contribution in [0.15, 0.2) is 0 Å². The van der Waals surface area contributed by atoms with Crippen molar-refractivity contribution in [2.24, 2.45) is 5.92 Å². The smallest absolute Gasteiger partial charge is 0.174 e. The van der Waals surface area contributed by atoms with E-state index in [-0.39, 0.29) is 11.7 Å². The third kappa shape index (κ3) is 2.27. The molecule has 0 aromatic rings. The van der Waals surface area contributed by atoms with Crippen LogP contribution < -0.4 is 0 Å². The Balaban J connectivity index is 4.36. The van der Waals surface area contributed by atoms with Crippen molar-refractivity contribution >= 4 is 5.78 Å². The van der Waals surface area contributed by atoms with Crippen LogP contribution in [0.1, 0.15) is 20.8 Å². The van der Waals surface area contributed by atoms with Crippen molar-refractivity contribution in [1.29, 1.82) is 0 Å². The van der Waals surface area contributed by atoms with Gasteiger partial charge in [0.15, 0.2) is 5.79 Å². The molecule has 0 aliphatic rings. The zero-order chi connectivity index (χ0) is 9.07. The van der Waals surface area contributed by atoms with Crippen LogP contribution in [0.3, 0.4) is 0 Å². The molecule has 0 heterocycles. The van der Waals surface area contributed by atoms with Gasteiger partial charge in [-0.25, -0.2) is 0 Å². The standard InChI is InChI=1S/C8H16O3/c1-6(7(2)9)8(3,10-4)11-5/h6H,1-5H3. The molecule has 0 radical (unpaired) electrons. The van der Waals surface area contributed by atoms with Gasteiger partial charge in [-0.2, -0.15) is 0 Å². The van der Waals surface area contributed by atoms with Crippen LogP contribution in [0, 0.1) is 5.92 Å². The molecule has 0 aromatic carbocycles. The summed E-state index contributed by atoms with van der Waals surface area (Å²) in [7, 11) is 3.06. The SMILES string of the molecule is COC(C)(OC)C(C)C(C)=O. The highest BCUT2D eigenvalue weighted by Crippen LogP contribution is 2.21. The first-order valence-electron chi connectivity index (χ1n) is 3.58. The van der Waals surface area contributed by atoms with E-state index in [9.17, 15) is 4.79 Å². The van der Waals surface area contributed by atoms with E-state index in [0.29, 0.717) is 0 Å². The number of ether oxygens (including phenoxy) is 2. The van der Waals surface area contributed by atoms with Crippen LogP contribution in [0.25, 0.3) is 0 Å². The highest BCUT2D eigenvalue weighted by atomic mass is 16.7. The molecule has 0 aliphatic carbocycles. The molecule has 11 heavy (non-hydrogen) atoms. The molecule has 0 N–H and O–H groups in total. The fourth-order valence-electron chi connectivity index (χ4n) is 0.806. The van der Waals surface area contributed by atoms with Crippen molar-refractivity contribution in [3.05, 3.63) is 0 Å². The number of hydrogen-bond donors (Lipinski definition) is 0. The molecular formula is C8H16O3. The molecule has 1 unspecified atom stereocenters. The van der Waals surface area contributed by atoms with Crippen LogP contribution >= 0.6 is 0 Å². The van der Waals surface area contributed by atoms with Crippen molar-refractivity contribution in [2.75, 3.05) is 14.2 Å². The summed E-state index contributed by atoms with van der Waals surface area (Å²) >= 11 is 0. The number of methoxy groups -OCH3 is 2. The Kier molecular flexibility index (Phi) is 3.69. The average molecular weight is 160 g/mol. The van der Waals surface area contributed by atoms with Gasteiger partial charge < -0.3 is 9.47 Å². The highest BCUT2D eigenvalue weighted by Gasteiger charge is 2.33. The van der Waals surface area contributed by atoms with Crippen LogP contribution in [-0.4, -0.2) is 25.8 Å². The number of rotatable bonds is 4. The van der Waals surface area contributed by atoms with Gasteiger partial charge in [0.05, 0.1) is 5.92 Å². The van der Waals surface area contributed by atoms with Crippen LogP contribution in [0.5, 0.6) is 0 Å². The number of ketones is 1. The normalized spacial score (nSPS) is 14.6. The topological polar surface area (TPSA) is 35.5 Å². The monoisotopic (exact) mass is 160 g/mol. The van der Waals surface area contributed by atoms with Crippen LogP contribution in [0.4, 0.5) is 0 Å². The lowest BCUT2D eigenvalue weighted by atomic mass is 9.98. The van der Waals surface area contributed by atoms with E-state index < -0.39 is 5.79 Å². The molecule has 0 aliphatic heterocycles. The Labute approximate surface area is 67.7 Å². The lowest BCUT2D eigenvalue weighted by molar-refractivity contribution is -0.220. The zero-order valence-electron chi connectivity index (χ0n) is 7.80. The second-order valence-corrected chi connectivity index (χ2v) is 2.76. The zero-order valence-corrected chi connectivity index (χ0v) is 7.80. The molecule has 0 fully saturated rings. The maximum absolute atomic E-state index is 10.9. The summed E-state index contributed by atoms with van der Waals surface area (Å²) in [6, 6.07) is 0. The minimum absolute atomic E-state index is 0.0659. The molecule has 0 spiro atoms. The molecule has 66 valence electrons. The molecule has 0 amide bonds. The first kappa shape index (κ1) is 10.6. The van der Waals surface area contributed by atoms with E-state index in [1.807, 2.05) is 0 Å². The first-order valence-corrected chi connectivity index (χ1v) is 3.58. The highest BCUT2D eigenvalue weighted by molar-refractivity contribution is 5.78. The van der Waals surface area contributed by atoms with Crippen LogP contribution in [-0.2, 0) is 14.3 Å². The third-order valence-corrected chi connectivity index (χ3v) is 2.21. The summed E-state index contributed by atoms with van der Waals surface area (Å²) in [6.45, 7) is 5.06. The Hall–Kier alpha value is -0.410. The van der Waals surface area contributed by atoms with E-state index in [2.05, 4.69) is 0 Å². The molecule has 0 saturated carbocycles. The van der Waals surface area contributed by atoms with E-state index in [1.54, 1.807) is 13.8 Å². The van der Waals surface area contributed by atoms with Gasteiger partial charge in [-0.05, 0) is 13.8 Å². The Morgan fingerprint density at radius 2 is 1.73 bits per heavy atom. The van der Waals surface area contributed by atoms with E-state index in [4.69, 9.17) is 9.47 Å². The number of Topliss-reactive ketones (excluding diaryl/α,β-unsaturated/α-hetero) is 1. The Morgan fingerprint density at radius 3 is 1.82 bits per heavy atom. The largest absolute Gasteiger partial charge is 0.353 e. The summed E-state index contributed by atoms with van der Waals surface area (Å²) in [5.41, 5.74) is 0. The van der Waals surface area contributed by atoms with E-state index in [1.165, 1.54) is 21.1 Å². The first-order chi connectivity index (χ1) is 4.98. The summed E-state index contributed by atoms with van der Waals surface area (Å²) in [5, 5.41) is 0. The lowest BCUT2D eigenvalue weighted by Crippen LogP contribution is -2.40.